The van der Waals surface area contributed by atoms with E-state index in [1.54, 1.807) is 12.1 Å². The number of hydrogen-bond donors (Lipinski definition) is 0. The fourth-order valence-corrected chi connectivity index (χ4v) is 6.49. The first-order valence-corrected chi connectivity index (χ1v) is 13.9. The molecule has 1 amide bonds. The predicted octanol–water partition coefficient (Wildman–Crippen LogP) is 8.38. The summed E-state index contributed by atoms with van der Waals surface area (Å²) >= 11 is 12.6. The minimum absolute atomic E-state index is 0.0910. The first-order chi connectivity index (χ1) is 17.9. The Bertz CT molecular complexity index is 1470. The van der Waals surface area contributed by atoms with Gasteiger partial charge in [0, 0.05) is 23.7 Å². The van der Waals surface area contributed by atoms with Crippen LogP contribution in [0.25, 0.3) is 22.2 Å². The number of piperidine rings is 1. The average molecular weight is 537 g/mol. The topological polar surface area (TPSA) is 64.2 Å². The minimum atomic E-state index is -0.171. The SMILES string of the molecule is Cc1noc(C)c1-c1ccc2c(c1)nc([C@@H]1CCCC(=O)N1c1ccc(Cl)c(Cl)c1)n2C1CCCCC1. The van der Waals surface area contributed by atoms with Crippen LogP contribution in [0.1, 0.15) is 80.7 Å². The van der Waals surface area contributed by atoms with Crippen LogP contribution in [0.2, 0.25) is 10.0 Å². The maximum atomic E-state index is 13.4. The van der Waals surface area contributed by atoms with Crippen LogP contribution in [0.5, 0.6) is 0 Å². The van der Waals surface area contributed by atoms with E-state index in [4.69, 9.17) is 32.7 Å². The lowest BCUT2D eigenvalue weighted by Crippen LogP contribution is -2.40. The Labute approximate surface area is 226 Å². The number of fused-ring (bicyclic) bond motifs is 1. The molecule has 3 heterocycles. The molecular formula is C29H30Cl2N4O2. The highest BCUT2D eigenvalue weighted by Gasteiger charge is 2.36. The number of carbonyl (C=O) groups excluding carboxylic acids is 1. The van der Waals surface area contributed by atoms with E-state index in [0.29, 0.717) is 22.5 Å². The normalized spacial score (nSPS) is 19.2. The summed E-state index contributed by atoms with van der Waals surface area (Å²) in [6.45, 7) is 3.90. The highest BCUT2D eigenvalue weighted by atomic mass is 35.5. The fourth-order valence-electron chi connectivity index (χ4n) is 6.20. The third kappa shape index (κ3) is 4.34. The van der Waals surface area contributed by atoms with E-state index in [-0.39, 0.29) is 11.9 Å². The number of halogens is 2. The second-order valence-corrected chi connectivity index (χ2v) is 11.1. The molecule has 0 N–H and O–H groups in total. The van der Waals surface area contributed by atoms with Gasteiger partial charge in [-0.05, 0) is 75.4 Å². The molecule has 0 radical (unpaired) electrons. The molecule has 1 aliphatic carbocycles. The zero-order valence-electron chi connectivity index (χ0n) is 21.1. The lowest BCUT2D eigenvalue weighted by molar-refractivity contribution is -0.120. The van der Waals surface area contributed by atoms with Crippen molar-refractivity contribution >= 4 is 45.8 Å². The van der Waals surface area contributed by atoms with Gasteiger partial charge in [-0.2, -0.15) is 0 Å². The monoisotopic (exact) mass is 536 g/mol. The Morgan fingerprint density at radius 3 is 2.49 bits per heavy atom. The van der Waals surface area contributed by atoms with Crippen LogP contribution in [0.4, 0.5) is 5.69 Å². The first-order valence-electron chi connectivity index (χ1n) is 13.1. The molecule has 0 unspecified atom stereocenters. The number of aryl methyl sites for hydroxylation is 2. The first kappa shape index (κ1) is 24.5. The Morgan fingerprint density at radius 2 is 1.76 bits per heavy atom. The van der Waals surface area contributed by atoms with E-state index >= 15 is 0 Å². The molecule has 37 heavy (non-hydrogen) atoms. The van der Waals surface area contributed by atoms with E-state index < -0.39 is 0 Å². The molecule has 1 saturated heterocycles. The van der Waals surface area contributed by atoms with Crippen LogP contribution < -0.4 is 4.90 Å². The lowest BCUT2D eigenvalue weighted by atomic mass is 9.94. The number of anilines is 1. The third-order valence-corrected chi connectivity index (χ3v) is 8.65. The Hall–Kier alpha value is -2.83. The van der Waals surface area contributed by atoms with Crippen molar-refractivity contribution in [1.82, 2.24) is 14.7 Å². The molecule has 4 aromatic rings. The molecule has 2 aromatic heterocycles. The van der Waals surface area contributed by atoms with Gasteiger partial charge in [0.15, 0.2) is 0 Å². The molecule has 0 bridgehead atoms. The molecule has 0 spiro atoms. The van der Waals surface area contributed by atoms with Gasteiger partial charge in [-0.1, -0.05) is 53.7 Å². The maximum Gasteiger partial charge on any atom is 0.227 e. The summed E-state index contributed by atoms with van der Waals surface area (Å²) in [6.07, 6.45) is 8.12. The van der Waals surface area contributed by atoms with Crippen molar-refractivity contribution in [3.05, 3.63) is 63.7 Å². The van der Waals surface area contributed by atoms with Crippen LogP contribution in [-0.4, -0.2) is 20.6 Å². The predicted molar refractivity (Wildman–Crippen MR) is 147 cm³/mol. The lowest BCUT2D eigenvalue weighted by Gasteiger charge is -2.37. The van der Waals surface area contributed by atoms with Crippen LogP contribution >= 0.6 is 23.2 Å². The molecule has 192 valence electrons. The third-order valence-electron chi connectivity index (χ3n) is 7.91. The van der Waals surface area contributed by atoms with Crippen LogP contribution in [0, 0.1) is 13.8 Å². The Kier molecular flexibility index (Phi) is 6.49. The smallest absolute Gasteiger partial charge is 0.227 e. The highest BCUT2D eigenvalue weighted by Crippen LogP contribution is 2.42. The quantitative estimate of drug-likeness (QED) is 0.262. The van der Waals surface area contributed by atoms with Gasteiger partial charge in [-0.15, -0.1) is 0 Å². The highest BCUT2D eigenvalue weighted by molar-refractivity contribution is 6.42. The van der Waals surface area contributed by atoms with Gasteiger partial charge in [0.25, 0.3) is 0 Å². The molecule has 2 aliphatic rings. The van der Waals surface area contributed by atoms with E-state index in [2.05, 4.69) is 27.9 Å². The van der Waals surface area contributed by atoms with Gasteiger partial charge >= 0.3 is 0 Å². The van der Waals surface area contributed by atoms with Crippen molar-refractivity contribution in [1.29, 1.82) is 0 Å². The summed E-state index contributed by atoms with van der Waals surface area (Å²) in [5, 5.41) is 5.07. The van der Waals surface area contributed by atoms with E-state index in [1.807, 2.05) is 24.8 Å². The minimum Gasteiger partial charge on any atom is -0.361 e. The van der Waals surface area contributed by atoms with Crippen LogP contribution in [0.15, 0.2) is 40.9 Å². The number of carbonyl (C=O) groups is 1. The molecule has 2 fully saturated rings. The fraction of sp³-hybridized carbons (Fsp3) is 0.414. The Balaban J connectivity index is 1.52. The summed E-state index contributed by atoms with van der Waals surface area (Å²) in [5.74, 6) is 1.85. The molecule has 6 rings (SSSR count). The van der Waals surface area contributed by atoms with Gasteiger partial charge in [-0.3, -0.25) is 4.79 Å². The molecule has 1 saturated carbocycles. The number of nitrogens with zero attached hydrogens (tertiary/aromatic N) is 4. The average Bonchev–Trinajstić information content (AvgIpc) is 3.44. The second-order valence-electron chi connectivity index (χ2n) is 10.3. The van der Waals surface area contributed by atoms with Crippen molar-refractivity contribution in [3.63, 3.8) is 0 Å². The van der Waals surface area contributed by atoms with Crippen molar-refractivity contribution in [3.8, 4) is 11.1 Å². The number of hydrogen-bond acceptors (Lipinski definition) is 4. The van der Waals surface area contributed by atoms with Crippen molar-refractivity contribution in [2.45, 2.75) is 77.3 Å². The van der Waals surface area contributed by atoms with Crippen molar-refractivity contribution in [2.24, 2.45) is 0 Å². The molecule has 1 aliphatic heterocycles. The summed E-state index contributed by atoms with van der Waals surface area (Å²) in [6, 6.07) is 12.1. The van der Waals surface area contributed by atoms with Gasteiger partial charge in [0.2, 0.25) is 5.91 Å². The Morgan fingerprint density at radius 1 is 0.946 bits per heavy atom. The van der Waals surface area contributed by atoms with Crippen LogP contribution in [-0.2, 0) is 4.79 Å². The van der Waals surface area contributed by atoms with E-state index in [1.165, 1.54) is 19.3 Å². The van der Waals surface area contributed by atoms with Gasteiger partial charge in [-0.25, -0.2) is 4.98 Å². The summed E-state index contributed by atoms with van der Waals surface area (Å²) in [7, 11) is 0. The van der Waals surface area contributed by atoms with Gasteiger partial charge < -0.3 is 14.0 Å². The standard InChI is InChI=1S/C29H30Cl2N4O2/c1-17-28(18(2)37-33-17)19-11-14-25-24(15-19)32-29(35(25)20-7-4-3-5-8-20)26-9-6-10-27(36)34(26)21-12-13-22(30)23(31)16-21/h11-16,20,26H,3-10H2,1-2H3/t26-/m0/s1. The molecule has 2 aromatic carbocycles. The zero-order chi connectivity index (χ0) is 25.7. The number of aromatic nitrogens is 3. The van der Waals surface area contributed by atoms with E-state index in [9.17, 15) is 4.79 Å². The summed E-state index contributed by atoms with van der Waals surface area (Å²) in [5.41, 5.74) is 5.75. The largest absolute Gasteiger partial charge is 0.361 e. The number of rotatable bonds is 4. The molecule has 8 heteroatoms. The zero-order valence-corrected chi connectivity index (χ0v) is 22.6. The van der Waals surface area contributed by atoms with Gasteiger partial charge in [0.05, 0.1) is 32.8 Å². The summed E-state index contributed by atoms with van der Waals surface area (Å²) in [4.78, 5) is 20.5. The number of imidazole rings is 1. The van der Waals surface area contributed by atoms with Crippen molar-refractivity contribution in [2.75, 3.05) is 4.90 Å². The number of benzene rings is 2. The van der Waals surface area contributed by atoms with Gasteiger partial charge in [0.1, 0.15) is 11.6 Å². The summed E-state index contributed by atoms with van der Waals surface area (Å²) < 4.78 is 7.86. The second kappa shape index (κ2) is 9.80. The molecular weight excluding hydrogens is 507 g/mol. The van der Waals surface area contributed by atoms with E-state index in [0.717, 1.165) is 70.8 Å². The van der Waals surface area contributed by atoms with Crippen molar-refractivity contribution < 1.29 is 9.32 Å². The molecule has 6 nitrogen and oxygen atoms in total. The van der Waals surface area contributed by atoms with Crippen LogP contribution in [0.3, 0.4) is 0 Å². The molecule has 1 atom stereocenters. The number of amides is 1. The maximum absolute atomic E-state index is 13.4.